The Hall–Kier alpha value is -3.90. The first-order chi connectivity index (χ1) is 17.9. The summed E-state index contributed by atoms with van der Waals surface area (Å²) >= 11 is 1.06. The number of thiazole rings is 1. The highest BCUT2D eigenvalue weighted by Crippen LogP contribution is 2.15. The Bertz CT molecular complexity index is 1390. The Morgan fingerprint density at radius 1 is 1.24 bits per heavy atom. The van der Waals surface area contributed by atoms with Crippen LogP contribution in [0.3, 0.4) is 0 Å². The van der Waals surface area contributed by atoms with Crippen molar-refractivity contribution in [2.24, 2.45) is 0 Å². The lowest BCUT2D eigenvalue weighted by Gasteiger charge is -2.19. The number of benzene rings is 1. The van der Waals surface area contributed by atoms with E-state index in [4.69, 9.17) is 9.47 Å². The van der Waals surface area contributed by atoms with Crippen molar-refractivity contribution < 1.29 is 19.1 Å². The molecule has 1 heterocycles. The summed E-state index contributed by atoms with van der Waals surface area (Å²) in [5, 5.41) is 15.2. The number of carbonyl (C=O) groups excluding carboxylic acids is 2. The molecule has 2 rings (SSSR count). The van der Waals surface area contributed by atoms with E-state index in [0.717, 1.165) is 17.9 Å². The molecule has 2 N–H and O–H groups in total. The SMILES string of the molecule is CCOC(=O)C(=C=c1sc(=C=CNc2cccc(NC(=O)CN(CC)CCOC)c2)c(=O)n1CC)C#N. The summed E-state index contributed by atoms with van der Waals surface area (Å²) in [5.41, 5.74) is 6.29. The molecule has 0 aliphatic carbocycles. The molecule has 0 fully saturated rings. The average Bonchev–Trinajstić information content (AvgIpc) is 3.18. The Kier molecular flexibility index (Phi) is 12.1. The van der Waals surface area contributed by atoms with E-state index in [1.807, 2.05) is 17.9 Å². The van der Waals surface area contributed by atoms with Gasteiger partial charge in [-0.1, -0.05) is 35.8 Å². The first-order valence-corrected chi connectivity index (χ1v) is 12.6. The van der Waals surface area contributed by atoms with E-state index in [-0.39, 0.29) is 34.7 Å². The fourth-order valence-corrected chi connectivity index (χ4v) is 4.15. The van der Waals surface area contributed by atoms with E-state index in [0.29, 0.717) is 35.7 Å². The van der Waals surface area contributed by atoms with Gasteiger partial charge in [-0.15, -0.1) is 0 Å². The largest absolute Gasteiger partial charge is 0.461 e. The number of nitriles is 1. The minimum atomic E-state index is -0.791. The summed E-state index contributed by atoms with van der Waals surface area (Å²) in [6.07, 6.45) is 1.49. The van der Waals surface area contributed by atoms with Gasteiger partial charge in [-0.3, -0.25) is 19.1 Å². The Labute approximate surface area is 219 Å². The topological polar surface area (TPSA) is 126 Å². The van der Waals surface area contributed by atoms with Crippen LogP contribution in [0.15, 0.2) is 40.8 Å². The molecule has 0 aliphatic rings. The molecule has 10 nitrogen and oxygen atoms in total. The fraction of sp³-hybridized carbons (Fsp3) is 0.385. The van der Waals surface area contributed by atoms with Gasteiger partial charge >= 0.3 is 5.97 Å². The van der Waals surface area contributed by atoms with Gasteiger partial charge in [0.05, 0.1) is 19.8 Å². The van der Waals surface area contributed by atoms with Crippen molar-refractivity contribution in [3.05, 3.63) is 55.6 Å². The van der Waals surface area contributed by atoms with Crippen molar-refractivity contribution in [2.45, 2.75) is 27.3 Å². The smallest absolute Gasteiger partial charge is 0.357 e. The van der Waals surface area contributed by atoms with Crippen LogP contribution in [-0.2, 0) is 25.6 Å². The molecule has 0 saturated carbocycles. The molecule has 1 amide bonds. The van der Waals surface area contributed by atoms with Crippen molar-refractivity contribution in [3.63, 3.8) is 0 Å². The highest BCUT2D eigenvalue weighted by molar-refractivity contribution is 7.07. The lowest BCUT2D eigenvalue weighted by molar-refractivity contribution is -0.137. The van der Waals surface area contributed by atoms with E-state index < -0.39 is 5.97 Å². The average molecular weight is 526 g/mol. The molecule has 1 aromatic carbocycles. The molecular weight excluding hydrogens is 494 g/mol. The molecule has 0 radical (unpaired) electrons. The lowest BCUT2D eigenvalue weighted by Crippen LogP contribution is -2.35. The van der Waals surface area contributed by atoms with Crippen LogP contribution in [0.25, 0.3) is 11.5 Å². The predicted molar refractivity (Wildman–Crippen MR) is 143 cm³/mol. The van der Waals surface area contributed by atoms with Crippen molar-refractivity contribution in [1.82, 2.24) is 9.47 Å². The third-order valence-electron chi connectivity index (χ3n) is 5.04. The van der Waals surface area contributed by atoms with Crippen LogP contribution in [0.2, 0.25) is 0 Å². The molecule has 196 valence electrons. The number of anilines is 2. The first kappa shape index (κ1) is 29.3. The Morgan fingerprint density at radius 3 is 2.65 bits per heavy atom. The molecule has 2 aromatic rings. The van der Waals surface area contributed by atoms with Crippen LogP contribution in [0.1, 0.15) is 20.8 Å². The molecule has 0 unspecified atom stereocenters. The van der Waals surface area contributed by atoms with Gasteiger partial charge in [0.2, 0.25) is 5.91 Å². The maximum atomic E-state index is 12.7. The molecule has 0 spiro atoms. The van der Waals surface area contributed by atoms with Crippen LogP contribution in [0.5, 0.6) is 0 Å². The zero-order valence-electron chi connectivity index (χ0n) is 21.4. The van der Waals surface area contributed by atoms with Crippen LogP contribution in [-0.4, -0.2) is 61.3 Å². The third-order valence-corrected chi connectivity index (χ3v) is 6.05. The highest BCUT2D eigenvalue weighted by Gasteiger charge is 2.11. The van der Waals surface area contributed by atoms with Gasteiger partial charge in [0.25, 0.3) is 5.56 Å². The number of carbonyl (C=O) groups is 2. The summed E-state index contributed by atoms with van der Waals surface area (Å²) in [4.78, 5) is 39.0. The van der Waals surface area contributed by atoms with Crippen LogP contribution in [0, 0.1) is 11.3 Å². The van der Waals surface area contributed by atoms with E-state index in [1.54, 1.807) is 45.2 Å². The molecule has 1 aromatic heterocycles. The number of hydrogen-bond donors (Lipinski definition) is 2. The van der Waals surface area contributed by atoms with Crippen LogP contribution in [0.4, 0.5) is 11.4 Å². The number of rotatable bonds is 12. The molecule has 0 bridgehead atoms. The number of hydrogen-bond acceptors (Lipinski definition) is 9. The zero-order valence-corrected chi connectivity index (χ0v) is 22.2. The third kappa shape index (κ3) is 8.92. The van der Waals surface area contributed by atoms with Crippen molar-refractivity contribution in [1.29, 1.82) is 5.26 Å². The van der Waals surface area contributed by atoms with Gasteiger partial charge in [0.1, 0.15) is 15.3 Å². The second kappa shape index (κ2) is 15.3. The van der Waals surface area contributed by atoms with Gasteiger partial charge in [0, 0.05) is 37.8 Å². The van der Waals surface area contributed by atoms with Gasteiger partial charge < -0.3 is 20.1 Å². The first-order valence-electron chi connectivity index (χ1n) is 11.8. The molecule has 37 heavy (non-hydrogen) atoms. The number of esters is 1. The molecule has 0 saturated heterocycles. The van der Waals surface area contributed by atoms with Gasteiger partial charge in [0.15, 0.2) is 5.57 Å². The predicted octanol–water partition coefficient (Wildman–Crippen LogP) is 1.23. The fourth-order valence-electron chi connectivity index (χ4n) is 3.16. The maximum absolute atomic E-state index is 12.7. The van der Waals surface area contributed by atoms with E-state index in [9.17, 15) is 19.6 Å². The number of ether oxygens (including phenoxy) is 2. The second-order valence-electron chi connectivity index (χ2n) is 7.54. The minimum Gasteiger partial charge on any atom is -0.461 e. The monoisotopic (exact) mass is 525 g/mol. The summed E-state index contributed by atoms with van der Waals surface area (Å²) in [6, 6.07) is 8.91. The summed E-state index contributed by atoms with van der Waals surface area (Å²) in [5.74, 6) is -0.923. The van der Waals surface area contributed by atoms with Gasteiger partial charge in [-0.25, -0.2) is 4.79 Å². The number of methoxy groups -OCH3 is 1. The number of amides is 1. The zero-order chi connectivity index (χ0) is 27.2. The normalized spacial score (nSPS) is 10.2. The summed E-state index contributed by atoms with van der Waals surface area (Å²) < 4.78 is 11.9. The lowest BCUT2D eigenvalue weighted by atomic mass is 10.2. The highest BCUT2D eigenvalue weighted by atomic mass is 32.1. The van der Waals surface area contributed by atoms with Crippen molar-refractivity contribution in [2.75, 3.05) is 50.6 Å². The summed E-state index contributed by atoms with van der Waals surface area (Å²) in [6.45, 7) is 8.06. The quantitative estimate of drug-likeness (QED) is 0.241. The van der Waals surface area contributed by atoms with Crippen LogP contribution < -0.4 is 25.4 Å². The number of nitrogens with one attached hydrogen (secondary N) is 2. The number of aromatic nitrogens is 1. The van der Waals surface area contributed by atoms with Crippen LogP contribution >= 0.6 is 11.3 Å². The number of nitrogens with zero attached hydrogens (tertiary/aromatic N) is 3. The van der Waals surface area contributed by atoms with E-state index in [2.05, 4.69) is 22.1 Å². The number of likely N-dealkylation sites (N-methyl/N-ethyl adjacent to an activating group) is 1. The van der Waals surface area contributed by atoms with E-state index in [1.165, 1.54) is 10.8 Å². The molecule has 0 aliphatic heterocycles. The van der Waals surface area contributed by atoms with Gasteiger partial charge in [-0.2, -0.15) is 5.26 Å². The molecule has 0 atom stereocenters. The Morgan fingerprint density at radius 2 is 2.00 bits per heavy atom. The molecular formula is C26H31N5O5S. The van der Waals surface area contributed by atoms with Crippen molar-refractivity contribution in [3.8, 4) is 6.07 Å². The summed E-state index contributed by atoms with van der Waals surface area (Å²) in [7, 11) is 1.63. The standard InChI is InChI=1S/C26H31N5O5S/c1-5-30(13-14-35-4)18-23(32)29-21-10-8-9-20(16-21)28-12-11-22-25(33)31(6-2)24(37-22)15-19(17-27)26(34)36-7-3/h8-10,12,16,28H,5-7,13-14,18H2,1-4H3,(H,29,32). The second-order valence-corrected chi connectivity index (χ2v) is 8.54. The maximum Gasteiger partial charge on any atom is 0.357 e. The van der Waals surface area contributed by atoms with E-state index >= 15 is 0 Å². The Balaban J connectivity index is 2.27. The minimum absolute atomic E-state index is 0.126. The van der Waals surface area contributed by atoms with Crippen molar-refractivity contribution >= 4 is 46.1 Å². The van der Waals surface area contributed by atoms with Gasteiger partial charge in [-0.05, 0) is 38.6 Å². The molecule has 11 heteroatoms.